The van der Waals surface area contributed by atoms with E-state index in [1.807, 2.05) is 25.1 Å². The molecule has 0 saturated heterocycles. The van der Waals surface area contributed by atoms with Gasteiger partial charge in [-0.15, -0.1) is 0 Å². The molecule has 0 bridgehead atoms. The van der Waals surface area contributed by atoms with Gasteiger partial charge in [0.25, 0.3) is 0 Å². The third kappa shape index (κ3) is 4.62. The molecule has 6 heteroatoms. The average Bonchev–Trinajstić information content (AvgIpc) is 2.56. The van der Waals surface area contributed by atoms with Crippen LogP contribution in [0.2, 0.25) is 5.02 Å². The monoisotopic (exact) mass is 398 g/mol. The first-order valence-corrected chi connectivity index (χ1v) is 8.16. The normalized spacial score (nSPS) is 10.3. The van der Waals surface area contributed by atoms with Crippen molar-refractivity contribution in [2.24, 2.45) is 0 Å². The van der Waals surface area contributed by atoms with E-state index in [4.69, 9.17) is 21.1 Å². The van der Waals surface area contributed by atoms with Gasteiger partial charge in [-0.1, -0.05) is 36.7 Å². The topological polar surface area (TPSA) is 44.8 Å². The Kier molecular flexibility index (Phi) is 6.30. The van der Waals surface area contributed by atoms with E-state index < -0.39 is 6.16 Å². The second-order valence-corrected chi connectivity index (χ2v) is 5.94. The van der Waals surface area contributed by atoms with Crippen LogP contribution < -0.4 is 9.47 Å². The van der Waals surface area contributed by atoms with Gasteiger partial charge >= 0.3 is 6.16 Å². The lowest BCUT2D eigenvalue weighted by atomic mass is 10.1. The fraction of sp³-hybridized carbons (Fsp3) is 0.235. The first kappa shape index (κ1) is 17.6. The first-order valence-electron chi connectivity index (χ1n) is 6.99. The summed E-state index contributed by atoms with van der Waals surface area (Å²) in [5.74, 6) is 1.02. The zero-order valence-electron chi connectivity index (χ0n) is 12.8. The number of para-hydroxylation sites is 1. The number of hydrogen-bond acceptors (Lipinski definition) is 4. The van der Waals surface area contributed by atoms with Gasteiger partial charge in [-0.25, -0.2) is 4.79 Å². The summed E-state index contributed by atoms with van der Waals surface area (Å²) in [5, 5.41) is 0.657. The van der Waals surface area contributed by atoms with Crippen molar-refractivity contribution < 1.29 is 19.0 Å². The predicted molar refractivity (Wildman–Crippen MR) is 92.3 cm³/mol. The summed E-state index contributed by atoms with van der Waals surface area (Å²) in [6.07, 6.45) is 0.0713. The number of carbonyl (C=O) groups is 1. The molecule has 4 nitrogen and oxygen atoms in total. The van der Waals surface area contributed by atoms with Crippen LogP contribution in [-0.4, -0.2) is 13.3 Å². The number of aryl methyl sites for hydroxylation is 1. The third-order valence-corrected chi connectivity index (χ3v) is 4.17. The van der Waals surface area contributed by atoms with Crippen molar-refractivity contribution in [2.75, 3.05) is 7.11 Å². The summed E-state index contributed by atoms with van der Waals surface area (Å²) >= 11 is 9.69. The highest BCUT2D eigenvalue weighted by Gasteiger charge is 2.11. The highest BCUT2D eigenvalue weighted by Crippen LogP contribution is 2.33. The lowest BCUT2D eigenvalue weighted by Gasteiger charge is -2.13. The molecule has 0 aliphatic heterocycles. The lowest BCUT2D eigenvalue weighted by molar-refractivity contribution is 0.120. The molecule has 0 unspecified atom stereocenters. The Bertz CT molecular complexity index is 703. The van der Waals surface area contributed by atoms with E-state index in [-0.39, 0.29) is 6.61 Å². The summed E-state index contributed by atoms with van der Waals surface area (Å²) in [4.78, 5) is 11.3. The van der Waals surface area contributed by atoms with E-state index in [2.05, 4.69) is 20.7 Å². The van der Waals surface area contributed by atoms with Gasteiger partial charge in [0.1, 0.15) is 18.1 Å². The Morgan fingerprint density at radius 1 is 1.17 bits per heavy atom. The van der Waals surface area contributed by atoms with Gasteiger partial charge in [0, 0.05) is 16.7 Å². The number of hydrogen-bond donors (Lipinski definition) is 0. The van der Waals surface area contributed by atoms with E-state index >= 15 is 0 Å². The molecule has 0 N–H and O–H groups in total. The Morgan fingerprint density at radius 2 is 1.91 bits per heavy atom. The van der Waals surface area contributed by atoms with Crippen molar-refractivity contribution in [2.45, 2.75) is 20.0 Å². The van der Waals surface area contributed by atoms with Crippen molar-refractivity contribution >= 4 is 33.7 Å². The minimum atomic E-state index is -0.769. The Balaban J connectivity index is 2.15. The van der Waals surface area contributed by atoms with Gasteiger partial charge in [0.2, 0.25) is 0 Å². The van der Waals surface area contributed by atoms with Crippen LogP contribution in [0, 0.1) is 0 Å². The van der Waals surface area contributed by atoms with Gasteiger partial charge in [0.05, 0.1) is 11.6 Å². The molecule has 0 fully saturated rings. The van der Waals surface area contributed by atoms with Crippen LogP contribution >= 0.6 is 27.5 Å². The summed E-state index contributed by atoms with van der Waals surface area (Å²) in [5.41, 5.74) is 1.76. The summed E-state index contributed by atoms with van der Waals surface area (Å²) in [6, 6.07) is 10.8. The Hall–Kier alpha value is -1.72. The van der Waals surface area contributed by atoms with Gasteiger partial charge in [-0.2, -0.15) is 0 Å². The number of carbonyl (C=O) groups excluding carboxylic acids is 1. The van der Waals surface area contributed by atoms with Crippen molar-refractivity contribution in [3.63, 3.8) is 0 Å². The molecule has 0 atom stereocenters. The molecule has 0 aromatic heterocycles. The predicted octanol–water partition coefficient (Wildman–Crippen LogP) is 5.39. The maximum absolute atomic E-state index is 11.3. The summed E-state index contributed by atoms with van der Waals surface area (Å²) in [6.45, 7) is 2.27. The van der Waals surface area contributed by atoms with Crippen LogP contribution in [0.5, 0.6) is 11.5 Å². The maximum Gasteiger partial charge on any atom is 0.513 e. The van der Waals surface area contributed by atoms with E-state index in [1.165, 1.54) is 7.11 Å². The molecule has 23 heavy (non-hydrogen) atoms. The number of benzene rings is 2. The fourth-order valence-electron chi connectivity index (χ4n) is 1.96. The van der Waals surface area contributed by atoms with Crippen LogP contribution in [0.4, 0.5) is 4.79 Å². The molecule has 0 saturated carbocycles. The molecule has 122 valence electrons. The molecule has 0 spiro atoms. The average molecular weight is 400 g/mol. The van der Waals surface area contributed by atoms with Crippen LogP contribution in [0.1, 0.15) is 18.1 Å². The van der Waals surface area contributed by atoms with E-state index in [0.717, 1.165) is 22.0 Å². The zero-order valence-corrected chi connectivity index (χ0v) is 15.1. The largest absolute Gasteiger partial charge is 0.513 e. The third-order valence-electron chi connectivity index (χ3n) is 3.20. The number of rotatable bonds is 5. The van der Waals surface area contributed by atoms with E-state index in [9.17, 15) is 4.79 Å². The standard InChI is InChI=1S/C17H16BrClO4/c1-3-11-8-13(18)16(9-14(11)19)22-10-12-6-4-5-7-15(12)23-17(20)21-2/h4-9H,3,10H2,1-2H3. The van der Waals surface area contributed by atoms with Crippen molar-refractivity contribution in [1.29, 1.82) is 0 Å². The van der Waals surface area contributed by atoms with Crippen molar-refractivity contribution in [1.82, 2.24) is 0 Å². The second-order valence-electron chi connectivity index (χ2n) is 4.68. The minimum absolute atomic E-state index is 0.230. The number of halogens is 2. The minimum Gasteiger partial charge on any atom is -0.488 e. The Labute approximate surface area is 148 Å². The maximum atomic E-state index is 11.3. The van der Waals surface area contributed by atoms with Gasteiger partial charge in [0.15, 0.2) is 0 Å². The van der Waals surface area contributed by atoms with Crippen LogP contribution in [0.25, 0.3) is 0 Å². The molecule has 0 radical (unpaired) electrons. The van der Waals surface area contributed by atoms with Crippen LogP contribution in [0.3, 0.4) is 0 Å². The smallest absolute Gasteiger partial charge is 0.488 e. The number of ether oxygens (including phenoxy) is 3. The Morgan fingerprint density at radius 3 is 2.61 bits per heavy atom. The highest BCUT2D eigenvalue weighted by atomic mass is 79.9. The summed E-state index contributed by atoms with van der Waals surface area (Å²) < 4.78 is 16.2. The highest BCUT2D eigenvalue weighted by molar-refractivity contribution is 9.10. The summed E-state index contributed by atoms with van der Waals surface area (Å²) in [7, 11) is 1.26. The molecule has 0 aliphatic carbocycles. The van der Waals surface area contributed by atoms with Crippen LogP contribution in [0.15, 0.2) is 40.9 Å². The molecule has 0 heterocycles. The molecule has 2 rings (SSSR count). The first-order chi connectivity index (χ1) is 11.0. The molecular weight excluding hydrogens is 384 g/mol. The quantitative estimate of drug-likeness (QED) is 0.499. The molecular formula is C17H16BrClO4. The zero-order chi connectivity index (χ0) is 16.8. The van der Waals surface area contributed by atoms with Crippen LogP contribution in [-0.2, 0) is 17.8 Å². The van der Waals surface area contributed by atoms with Gasteiger partial charge in [-0.05, 0) is 40.0 Å². The SMILES string of the molecule is CCc1cc(Br)c(OCc2ccccc2OC(=O)OC)cc1Cl. The van der Waals surface area contributed by atoms with E-state index in [1.54, 1.807) is 18.2 Å². The van der Waals surface area contributed by atoms with Crippen molar-refractivity contribution in [3.05, 3.63) is 57.0 Å². The number of methoxy groups -OCH3 is 1. The van der Waals surface area contributed by atoms with Gasteiger partial charge < -0.3 is 14.2 Å². The fourth-order valence-corrected chi connectivity index (χ4v) is 2.75. The molecule has 0 aliphatic rings. The lowest BCUT2D eigenvalue weighted by Crippen LogP contribution is -2.09. The van der Waals surface area contributed by atoms with Crippen molar-refractivity contribution in [3.8, 4) is 11.5 Å². The second kappa shape index (κ2) is 8.22. The molecule has 0 amide bonds. The molecule has 2 aromatic carbocycles. The molecule has 2 aromatic rings. The van der Waals surface area contributed by atoms with E-state index in [0.29, 0.717) is 16.5 Å². The van der Waals surface area contributed by atoms with Gasteiger partial charge in [-0.3, -0.25) is 0 Å².